The number of hydrogen-bond acceptors (Lipinski definition) is 7. The maximum atomic E-state index is 13.0. The van der Waals surface area contributed by atoms with Crippen LogP contribution in [0.15, 0.2) is 22.6 Å². The van der Waals surface area contributed by atoms with E-state index in [4.69, 9.17) is 18.9 Å². The lowest BCUT2D eigenvalue weighted by Crippen LogP contribution is -2.43. The standard InChI is InChI=1S/C25H32N4O4/c1-6-32-21-12-18(9-10-20(21)31-5)13-26-24(30)19-8-7-11-29(14-19)23-22-15(2)16(3)33-25(22)28-17(4)27-23/h9-10,12,19H,6-8,11,13-14H2,1-5H3,(H,26,30). The van der Waals surface area contributed by atoms with Gasteiger partial charge in [0.25, 0.3) is 0 Å². The largest absolute Gasteiger partial charge is 0.493 e. The Hall–Kier alpha value is -3.29. The molecule has 0 radical (unpaired) electrons. The van der Waals surface area contributed by atoms with E-state index in [9.17, 15) is 4.79 Å². The smallest absolute Gasteiger partial charge is 0.231 e. The number of nitrogens with one attached hydrogen (secondary N) is 1. The summed E-state index contributed by atoms with van der Waals surface area (Å²) in [5.74, 6) is 3.69. The number of furan rings is 1. The van der Waals surface area contributed by atoms with Crippen LogP contribution in [-0.4, -0.2) is 42.7 Å². The summed E-state index contributed by atoms with van der Waals surface area (Å²) in [6, 6.07) is 5.73. The number of benzene rings is 1. The third-order valence-electron chi connectivity index (χ3n) is 6.21. The van der Waals surface area contributed by atoms with Gasteiger partial charge in [-0.05, 0) is 58.2 Å². The fourth-order valence-electron chi connectivity index (χ4n) is 4.38. The molecule has 1 amide bonds. The van der Waals surface area contributed by atoms with Crippen molar-refractivity contribution in [2.24, 2.45) is 5.92 Å². The van der Waals surface area contributed by atoms with E-state index in [2.05, 4.69) is 15.2 Å². The van der Waals surface area contributed by atoms with E-state index < -0.39 is 0 Å². The average molecular weight is 453 g/mol. The summed E-state index contributed by atoms with van der Waals surface area (Å²) in [5, 5.41) is 4.04. The molecule has 8 nitrogen and oxygen atoms in total. The fourth-order valence-corrected chi connectivity index (χ4v) is 4.38. The number of nitrogens with zero attached hydrogens (tertiary/aromatic N) is 3. The molecule has 0 saturated carbocycles. The number of rotatable bonds is 7. The summed E-state index contributed by atoms with van der Waals surface area (Å²) < 4.78 is 16.8. The summed E-state index contributed by atoms with van der Waals surface area (Å²) in [4.78, 5) is 24.4. The summed E-state index contributed by atoms with van der Waals surface area (Å²) in [6.07, 6.45) is 1.78. The number of hydrogen-bond donors (Lipinski definition) is 1. The zero-order valence-electron chi connectivity index (χ0n) is 20.0. The lowest BCUT2D eigenvalue weighted by molar-refractivity contribution is -0.125. The number of carbonyl (C=O) groups excluding carboxylic acids is 1. The molecular weight excluding hydrogens is 420 g/mol. The molecule has 1 atom stereocenters. The molecule has 1 N–H and O–H groups in total. The van der Waals surface area contributed by atoms with Crippen molar-refractivity contribution in [1.82, 2.24) is 15.3 Å². The lowest BCUT2D eigenvalue weighted by Gasteiger charge is -2.33. The minimum absolute atomic E-state index is 0.0515. The van der Waals surface area contributed by atoms with Crippen molar-refractivity contribution in [2.45, 2.75) is 47.1 Å². The summed E-state index contributed by atoms with van der Waals surface area (Å²) >= 11 is 0. The van der Waals surface area contributed by atoms with Crippen molar-refractivity contribution in [3.63, 3.8) is 0 Å². The van der Waals surface area contributed by atoms with Crippen molar-refractivity contribution in [2.75, 3.05) is 31.7 Å². The number of fused-ring (bicyclic) bond motifs is 1. The molecule has 1 aliphatic rings. The van der Waals surface area contributed by atoms with Crippen molar-refractivity contribution in [3.8, 4) is 11.5 Å². The van der Waals surface area contributed by atoms with Gasteiger partial charge in [0.2, 0.25) is 11.6 Å². The molecule has 3 aromatic rings. The molecule has 0 spiro atoms. The number of aromatic nitrogens is 2. The van der Waals surface area contributed by atoms with Gasteiger partial charge in [0.05, 0.1) is 25.0 Å². The molecule has 33 heavy (non-hydrogen) atoms. The Balaban J connectivity index is 1.47. The highest BCUT2D eigenvalue weighted by Crippen LogP contribution is 2.33. The van der Waals surface area contributed by atoms with Gasteiger partial charge < -0.3 is 24.1 Å². The van der Waals surface area contributed by atoms with Crippen LogP contribution in [0.3, 0.4) is 0 Å². The fraction of sp³-hybridized carbons (Fsp3) is 0.480. The highest BCUT2D eigenvalue weighted by atomic mass is 16.5. The number of piperidine rings is 1. The van der Waals surface area contributed by atoms with E-state index in [0.717, 1.165) is 47.5 Å². The molecule has 176 valence electrons. The van der Waals surface area contributed by atoms with Crippen molar-refractivity contribution >= 4 is 22.8 Å². The van der Waals surface area contributed by atoms with Crippen LogP contribution in [0.5, 0.6) is 11.5 Å². The van der Waals surface area contributed by atoms with Gasteiger partial charge >= 0.3 is 0 Å². The van der Waals surface area contributed by atoms with Crippen LogP contribution >= 0.6 is 0 Å². The molecule has 1 aromatic carbocycles. The molecule has 1 fully saturated rings. The molecule has 0 aliphatic carbocycles. The van der Waals surface area contributed by atoms with Gasteiger partial charge in [-0.15, -0.1) is 0 Å². The van der Waals surface area contributed by atoms with Gasteiger partial charge in [-0.3, -0.25) is 4.79 Å². The van der Waals surface area contributed by atoms with E-state index in [-0.39, 0.29) is 11.8 Å². The van der Waals surface area contributed by atoms with Gasteiger partial charge in [-0.25, -0.2) is 4.98 Å². The summed E-state index contributed by atoms with van der Waals surface area (Å²) in [5.41, 5.74) is 2.64. The molecule has 4 rings (SSSR count). The molecule has 8 heteroatoms. The normalized spacial score (nSPS) is 16.2. The highest BCUT2D eigenvalue weighted by molar-refractivity contribution is 5.90. The molecule has 1 saturated heterocycles. The van der Waals surface area contributed by atoms with Crippen molar-refractivity contribution in [1.29, 1.82) is 0 Å². The second kappa shape index (κ2) is 9.68. The Labute approximate surface area is 194 Å². The van der Waals surface area contributed by atoms with Gasteiger partial charge in [0.1, 0.15) is 17.4 Å². The van der Waals surface area contributed by atoms with Crippen molar-refractivity contribution in [3.05, 3.63) is 40.9 Å². The molecule has 0 bridgehead atoms. The summed E-state index contributed by atoms with van der Waals surface area (Å²) in [6.45, 7) is 10.2. The lowest BCUT2D eigenvalue weighted by atomic mass is 9.96. The number of anilines is 1. The zero-order chi connectivity index (χ0) is 23.5. The topological polar surface area (TPSA) is 89.7 Å². The van der Waals surface area contributed by atoms with Crippen LogP contribution in [0.25, 0.3) is 11.1 Å². The molecule has 1 aliphatic heterocycles. The Morgan fingerprint density at radius 3 is 2.82 bits per heavy atom. The molecule has 3 heterocycles. The number of ether oxygens (including phenoxy) is 2. The van der Waals surface area contributed by atoms with E-state index >= 15 is 0 Å². The second-order valence-electron chi connectivity index (χ2n) is 8.48. The maximum Gasteiger partial charge on any atom is 0.231 e. The zero-order valence-corrected chi connectivity index (χ0v) is 20.0. The number of carbonyl (C=O) groups is 1. The SMILES string of the molecule is CCOc1cc(CNC(=O)C2CCCN(c3nc(C)nc4oc(C)c(C)c34)C2)ccc1OC. The third-order valence-corrected chi connectivity index (χ3v) is 6.21. The Bertz CT molecular complexity index is 1160. The Morgan fingerprint density at radius 2 is 2.06 bits per heavy atom. The molecular formula is C25H32N4O4. The van der Waals surface area contributed by atoms with E-state index in [0.29, 0.717) is 42.7 Å². The van der Waals surface area contributed by atoms with Gasteiger partial charge in [-0.2, -0.15) is 4.98 Å². The van der Waals surface area contributed by atoms with E-state index in [1.807, 2.05) is 45.9 Å². The van der Waals surface area contributed by atoms with E-state index in [1.54, 1.807) is 7.11 Å². The average Bonchev–Trinajstić information content (AvgIpc) is 3.10. The first-order chi connectivity index (χ1) is 15.9. The first-order valence-corrected chi connectivity index (χ1v) is 11.5. The molecule has 2 aromatic heterocycles. The van der Waals surface area contributed by atoms with Crippen molar-refractivity contribution < 1.29 is 18.7 Å². The van der Waals surface area contributed by atoms with E-state index in [1.165, 1.54) is 0 Å². The first-order valence-electron chi connectivity index (χ1n) is 11.5. The quantitative estimate of drug-likeness (QED) is 0.577. The predicted molar refractivity (Wildman–Crippen MR) is 127 cm³/mol. The van der Waals surface area contributed by atoms with Crippen LogP contribution in [0, 0.1) is 26.7 Å². The molecule has 1 unspecified atom stereocenters. The van der Waals surface area contributed by atoms with Gasteiger partial charge in [-0.1, -0.05) is 6.07 Å². The highest BCUT2D eigenvalue weighted by Gasteiger charge is 2.29. The minimum atomic E-state index is -0.109. The number of aryl methyl sites for hydroxylation is 3. The van der Waals surface area contributed by atoms with Crippen LogP contribution in [0.1, 0.15) is 42.5 Å². The second-order valence-corrected chi connectivity index (χ2v) is 8.48. The van der Waals surface area contributed by atoms with Crippen LogP contribution in [0.4, 0.5) is 5.82 Å². The van der Waals surface area contributed by atoms with Crippen LogP contribution in [-0.2, 0) is 11.3 Å². The van der Waals surface area contributed by atoms with Gasteiger partial charge in [0.15, 0.2) is 11.5 Å². The van der Waals surface area contributed by atoms with Crippen LogP contribution in [0.2, 0.25) is 0 Å². The monoisotopic (exact) mass is 452 g/mol. The van der Waals surface area contributed by atoms with Gasteiger partial charge in [0, 0.05) is 25.2 Å². The Kier molecular flexibility index (Phi) is 6.72. The predicted octanol–water partition coefficient (Wildman–Crippen LogP) is 4.09. The maximum absolute atomic E-state index is 13.0. The summed E-state index contributed by atoms with van der Waals surface area (Å²) in [7, 11) is 1.62. The number of methoxy groups -OCH3 is 1. The third kappa shape index (κ3) is 4.74. The minimum Gasteiger partial charge on any atom is -0.493 e. The Morgan fingerprint density at radius 1 is 1.24 bits per heavy atom. The first kappa shape index (κ1) is 22.9. The van der Waals surface area contributed by atoms with Crippen LogP contribution < -0.4 is 19.7 Å². The number of amides is 1.